The fourth-order valence-electron chi connectivity index (χ4n) is 3.13. The minimum absolute atomic E-state index is 0.0416. The summed E-state index contributed by atoms with van der Waals surface area (Å²) < 4.78 is 29.0. The number of sulfone groups is 1. The van der Waals surface area contributed by atoms with Crippen molar-refractivity contribution in [2.45, 2.75) is 43.7 Å². The van der Waals surface area contributed by atoms with Crippen LogP contribution in [0.15, 0.2) is 47.4 Å². The van der Waals surface area contributed by atoms with Gasteiger partial charge in [-0.25, -0.2) is 8.42 Å². The molecule has 0 spiro atoms. The molecule has 1 aliphatic rings. The van der Waals surface area contributed by atoms with Crippen molar-refractivity contribution in [3.05, 3.63) is 59.2 Å². The van der Waals surface area contributed by atoms with Crippen molar-refractivity contribution in [2.75, 3.05) is 6.26 Å². The molecule has 1 N–H and O–H groups in total. The largest absolute Gasteiger partial charge is 0.489 e. The van der Waals surface area contributed by atoms with Gasteiger partial charge in [-0.2, -0.15) is 0 Å². The maximum atomic E-state index is 12.7. The van der Waals surface area contributed by atoms with Gasteiger partial charge in [0.2, 0.25) is 0 Å². The Kier molecular flexibility index (Phi) is 4.80. The first kappa shape index (κ1) is 18.5. The lowest BCUT2D eigenvalue weighted by Crippen LogP contribution is -2.27. The van der Waals surface area contributed by atoms with Crippen LogP contribution in [0.1, 0.15) is 54.2 Å². The molecule has 3 atom stereocenters. The first-order valence-electron chi connectivity index (χ1n) is 8.59. The van der Waals surface area contributed by atoms with Crippen molar-refractivity contribution in [3.63, 3.8) is 0 Å². The highest BCUT2D eigenvalue weighted by Crippen LogP contribution is 2.40. The Hall–Kier alpha value is -2.34. The second kappa shape index (κ2) is 6.76. The Bertz CT molecular complexity index is 935. The summed E-state index contributed by atoms with van der Waals surface area (Å²) in [6.07, 6.45) is 1.21. The smallest absolute Gasteiger partial charge is 0.255 e. The van der Waals surface area contributed by atoms with E-state index in [1.807, 2.05) is 26.0 Å². The van der Waals surface area contributed by atoms with E-state index in [0.717, 1.165) is 11.1 Å². The number of rotatable bonds is 4. The molecule has 0 saturated heterocycles. The second-order valence-corrected chi connectivity index (χ2v) is 8.89. The molecular formula is C20H23NO4S. The second-order valence-electron chi connectivity index (χ2n) is 6.87. The number of hydrogen-bond donors (Lipinski definition) is 1. The van der Waals surface area contributed by atoms with Crippen LogP contribution in [0.2, 0.25) is 0 Å². The molecular weight excluding hydrogens is 350 g/mol. The molecule has 5 nitrogen and oxygen atoms in total. The lowest BCUT2D eigenvalue weighted by atomic mass is 9.96. The molecule has 3 rings (SSSR count). The third-order valence-electron chi connectivity index (χ3n) is 4.94. The third kappa shape index (κ3) is 3.46. The summed E-state index contributed by atoms with van der Waals surface area (Å²) >= 11 is 0. The van der Waals surface area contributed by atoms with Crippen LogP contribution in [0.5, 0.6) is 5.75 Å². The number of carbonyl (C=O) groups is 1. The maximum Gasteiger partial charge on any atom is 0.255 e. The van der Waals surface area contributed by atoms with E-state index in [1.165, 1.54) is 6.26 Å². The van der Waals surface area contributed by atoms with Gasteiger partial charge in [-0.05, 0) is 37.6 Å². The number of amides is 1. The van der Waals surface area contributed by atoms with Crippen LogP contribution < -0.4 is 10.1 Å². The minimum Gasteiger partial charge on any atom is -0.489 e. The monoisotopic (exact) mass is 373 g/mol. The van der Waals surface area contributed by atoms with E-state index < -0.39 is 9.84 Å². The number of ether oxygens (including phenoxy) is 1. The number of fused-ring (bicyclic) bond motifs is 1. The Balaban J connectivity index is 1.79. The number of carbonyl (C=O) groups excluding carboxylic acids is 1. The summed E-state index contributed by atoms with van der Waals surface area (Å²) in [6, 6.07) is 11.9. The van der Waals surface area contributed by atoms with Crippen LogP contribution in [-0.2, 0) is 9.84 Å². The van der Waals surface area contributed by atoms with Gasteiger partial charge in [-0.15, -0.1) is 0 Å². The van der Waals surface area contributed by atoms with Gasteiger partial charge in [-0.3, -0.25) is 4.79 Å². The van der Waals surface area contributed by atoms with Crippen LogP contribution in [0, 0.1) is 0 Å². The summed E-state index contributed by atoms with van der Waals surface area (Å²) in [5.41, 5.74) is 2.41. The molecule has 2 aromatic rings. The topological polar surface area (TPSA) is 72.5 Å². The van der Waals surface area contributed by atoms with E-state index >= 15 is 0 Å². The lowest BCUT2D eigenvalue weighted by molar-refractivity contribution is 0.0935. The normalized spacial score (nSPS) is 20.2. The van der Waals surface area contributed by atoms with Crippen molar-refractivity contribution in [1.29, 1.82) is 0 Å². The van der Waals surface area contributed by atoms with Gasteiger partial charge in [0.1, 0.15) is 11.9 Å². The molecule has 1 heterocycles. The van der Waals surface area contributed by atoms with Gasteiger partial charge >= 0.3 is 0 Å². The molecule has 1 amide bonds. The molecule has 0 aliphatic carbocycles. The average Bonchev–Trinajstić information content (AvgIpc) is 2.88. The number of hydrogen-bond acceptors (Lipinski definition) is 4. The standard InChI is InChI=1S/C20H23NO4S/c1-12-14(3)25-19-17(12)6-5-7-18(19)20(22)21-13(2)15-8-10-16(11-9-15)26(4,23)24/h5-14H,1-4H3,(H,21,22)/t12-,13-,14+/m0/s1. The zero-order valence-electron chi connectivity index (χ0n) is 15.3. The Morgan fingerprint density at radius 2 is 1.77 bits per heavy atom. The molecule has 0 radical (unpaired) electrons. The van der Waals surface area contributed by atoms with Crippen molar-refractivity contribution in [2.24, 2.45) is 0 Å². The molecule has 0 aromatic heterocycles. The zero-order chi connectivity index (χ0) is 19.1. The molecule has 0 fully saturated rings. The van der Waals surface area contributed by atoms with Crippen LogP contribution in [0.3, 0.4) is 0 Å². The number of para-hydroxylation sites is 1. The summed E-state index contributed by atoms with van der Waals surface area (Å²) in [4.78, 5) is 13.0. The van der Waals surface area contributed by atoms with Gasteiger partial charge < -0.3 is 10.1 Å². The van der Waals surface area contributed by atoms with Crippen LogP contribution in [-0.4, -0.2) is 26.7 Å². The van der Waals surface area contributed by atoms with Crippen molar-refractivity contribution < 1.29 is 17.9 Å². The number of nitrogens with one attached hydrogen (secondary N) is 1. The van der Waals surface area contributed by atoms with Gasteiger partial charge in [0, 0.05) is 17.7 Å². The SMILES string of the molecule is C[C@H](NC(=O)c1cccc2c1O[C@H](C)[C@@H]2C)c1ccc(S(C)(=O)=O)cc1. The molecule has 6 heteroatoms. The molecule has 2 aromatic carbocycles. The van der Waals surface area contributed by atoms with Gasteiger partial charge in [-0.1, -0.05) is 31.2 Å². The minimum atomic E-state index is -3.23. The molecule has 26 heavy (non-hydrogen) atoms. The van der Waals surface area contributed by atoms with E-state index in [9.17, 15) is 13.2 Å². The number of benzene rings is 2. The van der Waals surface area contributed by atoms with Crippen LogP contribution in [0.4, 0.5) is 0 Å². The highest BCUT2D eigenvalue weighted by molar-refractivity contribution is 7.90. The first-order valence-corrected chi connectivity index (χ1v) is 10.5. The van der Waals surface area contributed by atoms with Gasteiger partial charge in [0.25, 0.3) is 5.91 Å². The Morgan fingerprint density at radius 1 is 1.12 bits per heavy atom. The average molecular weight is 373 g/mol. The lowest BCUT2D eigenvalue weighted by Gasteiger charge is -2.16. The van der Waals surface area contributed by atoms with E-state index in [0.29, 0.717) is 11.3 Å². The van der Waals surface area contributed by atoms with Crippen molar-refractivity contribution in [3.8, 4) is 5.75 Å². The predicted octanol–water partition coefficient (Wildman–Crippen LogP) is 3.47. The first-order chi connectivity index (χ1) is 12.2. The Morgan fingerprint density at radius 3 is 2.38 bits per heavy atom. The maximum absolute atomic E-state index is 12.7. The third-order valence-corrected chi connectivity index (χ3v) is 6.07. The highest BCUT2D eigenvalue weighted by atomic mass is 32.2. The summed E-state index contributed by atoms with van der Waals surface area (Å²) in [5.74, 6) is 0.700. The molecule has 1 aliphatic heterocycles. The molecule has 138 valence electrons. The van der Waals surface area contributed by atoms with E-state index in [1.54, 1.807) is 30.3 Å². The fourth-order valence-corrected chi connectivity index (χ4v) is 3.76. The predicted molar refractivity (Wildman–Crippen MR) is 100 cm³/mol. The van der Waals surface area contributed by atoms with E-state index in [2.05, 4.69) is 12.2 Å². The summed E-state index contributed by atoms with van der Waals surface area (Å²) in [6.45, 7) is 5.95. The molecule has 0 bridgehead atoms. The van der Waals surface area contributed by atoms with E-state index in [-0.39, 0.29) is 28.9 Å². The van der Waals surface area contributed by atoms with Crippen molar-refractivity contribution in [1.82, 2.24) is 5.32 Å². The fraction of sp³-hybridized carbons (Fsp3) is 0.350. The van der Waals surface area contributed by atoms with Crippen LogP contribution >= 0.6 is 0 Å². The summed E-state index contributed by atoms with van der Waals surface area (Å²) in [7, 11) is -3.23. The quantitative estimate of drug-likeness (QED) is 0.891. The summed E-state index contributed by atoms with van der Waals surface area (Å²) in [5, 5.41) is 2.96. The Labute approximate surface area is 154 Å². The molecule has 0 saturated carbocycles. The van der Waals surface area contributed by atoms with Crippen molar-refractivity contribution >= 4 is 15.7 Å². The zero-order valence-corrected chi connectivity index (χ0v) is 16.1. The van der Waals surface area contributed by atoms with Gasteiger partial charge in [0.05, 0.1) is 16.5 Å². The highest BCUT2D eigenvalue weighted by Gasteiger charge is 2.31. The van der Waals surface area contributed by atoms with E-state index in [4.69, 9.17) is 4.74 Å². The van der Waals surface area contributed by atoms with Crippen LogP contribution in [0.25, 0.3) is 0 Å². The molecule has 0 unspecified atom stereocenters. The van der Waals surface area contributed by atoms with Gasteiger partial charge in [0.15, 0.2) is 9.84 Å².